The van der Waals surface area contributed by atoms with Crippen LogP contribution in [0.4, 0.5) is 0 Å². The maximum atomic E-state index is 11.4. The Balaban J connectivity index is 2.37. The Kier molecular flexibility index (Phi) is 4.38. The number of methoxy groups -OCH3 is 1. The number of hydrogen-bond donors (Lipinski definition) is 2. The summed E-state index contributed by atoms with van der Waals surface area (Å²) in [5.74, 6) is 1.41. The first-order chi connectivity index (χ1) is 9.13. The monoisotopic (exact) mass is 373 g/mol. The van der Waals surface area contributed by atoms with Crippen LogP contribution in [0.25, 0.3) is 0 Å². The molecule has 0 spiro atoms. The van der Waals surface area contributed by atoms with Gasteiger partial charge in [-0.25, -0.2) is 4.98 Å². The van der Waals surface area contributed by atoms with Gasteiger partial charge in [0.25, 0.3) is 5.56 Å². The third-order valence-corrected chi connectivity index (χ3v) is 3.34. The normalized spacial score (nSPS) is 10.3. The molecule has 0 amide bonds. The molecule has 0 saturated carbocycles. The lowest BCUT2D eigenvalue weighted by atomic mass is 10.2. The first kappa shape index (κ1) is 13.8. The molecule has 0 aliphatic rings. The van der Waals surface area contributed by atoms with E-state index < -0.39 is 0 Å². The molecule has 0 radical (unpaired) electrons. The number of nitrogens with two attached hydrogens (primary N) is 1. The summed E-state index contributed by atoms with van der Waals surface area (Å²) in [7, 11) is 1.56. The zero-order chi connectivity index (χ0) is 13.8. The van der Waals surface area contributed by atoms with E-state index in [1.165, 1.54) is 6.33 Å². The van der Waals surface area contributed by atoms with Crippen LogP contribution in [0.5, 0.6) is 17.4 Å². The minimum absolute atomic E-state index is 0.243. The lowest BCUT2D eigenvalue weighted by Crippen LogP contribution is -2.11. The Morgan fingerprint density at radius 2 is 2.11 bits per heavy atom. The largest absolute Gasteiger partial charge is 0.497 e. The Hall–Kier alpha value is -1.61. The molecule has 0 unspecified atom stereocenters. The second-order valence-corrected chi connectivity index (χ2v) is 4.75. The molecule has 1 heterocycles. The van der Waals surface area contributed by atoms with Gasteiger partial charge >= 0.3 is 0 Å². The van der Waals surface area contributed by atoms with Gasteiger partial charge in [0, 0.05) is 12.6 Å². The maximum Gasteiger partial charge on any atom is 0.268 e. The predicted molar refractivity (Wildman–Crippen MR) is 78.5 cm³/mol. The van der Waals surface area contributed by atoms with E-state index in [2.05, 4.69) is 9.97 Å². The first-order valence-corrected chi connectivity index (χ1v) is 6.51. The lowest BCUT2D eigenvalue weighted by Gasteiger charge is -2.09. The molecule has 2 aromatic rings. The number of rotatable bonds is 4. The Morgan fingerprint density at radius 3 is 2.79 bits per heavy atom. The summed E-state index contributed by atoms with van der Waals surface area (Å²) < 4.78 is 11.2. The van der Waals surface area contributed by atoms with E-state index in [0.29, 0.717) is 21.6 Å². The minimum Gasteiger partial charge on any atom is -0.497 e. The molecule has 0 bridgehead atoms. The number of H-pyrrole nitrogens is 1. The molecule has 6 nitrogen and oxygen atoms in total. The zero-order valence-electron chi connectivity index (χ0n) is 10.1. The van der Waals surface area contributed by atoms with E-state index in [1.807, 2.05) is 28.7 Å². The van der Waals surface area contributed by atoms with E-state index in [-0.39, 0.29) is 11.4 Å². The van der Waals surface area contributed by atoms with E-state index >= 15 is 0 Å². The van der Waals surface area contributed by atoms with Crippen molar-refractivity contribution in [2.24, 2.45) is 5.73 Å². The van der Waals surface area contributed by atoms with Crippen LogP contribution < -0.4 is 20.8 Å². The van der Waals surface area contributed by atoms with Crippen molar-refractivity contribution in [2.45, 2.75) is 6.54 Å². The van der Waals surface area contributed by atoms with Gasteiger partial charge in [0.2, 0.25) is 5.88 Å². The van der Waals surface area contributed by atoms with Gasteiger partial charge < -0.3 is 20.2 Å². The average Bonchev–Trinajstić information content (AvgIpc) is 2.43. The molecule has 7 heteroatoms. The van der Waals surface area contributed by atoms with Crippen molar-refractivity contribution in [3.63, 3.8) is 0 Å². The number of halogens is 1. The van der Waals surface area contributed by atoms with Crippen LogP contribution in [0.15, 0.2) is 29.3 Å². The fourth-order valence-electron chi connectivity index (χ4n) is 1.47. The fraction of sp³-hybridized carbons (Fsp3) is 0.167. The van der Waals surface area contributed by atoms with Crippen molar-refractivity contribution in [1.29, 1.82) is 0 Å². The summed E-state index contributed by atoms with van der Waals surface area (Å²) in [5.41, 5.74) is 6.23. The van der Waals surface area contributed by atoms with Crippen molar-refractivity contribution in [2.75, 3.05) is 7.11 Å². The van der Waals surface area contributed by atoms with Crippen molar-refractivity contribution >= 4 is 22.6 Å². The number of benzene rings is 1. The van der Waals surface area contributed by atoms with Crippen molar-refractivity contribution in [3.05, 3.63) is 44.0 Å². The van der Waals surface area contributed by atoms with Crippen LogP contribution in [0.1, 0.15) is 5.56 Å². The smallest absolute Gasteiger partial charge is 0.268 e. The van der Waals surface area contributed by atoms with Crippen LogP contribution >= 0.6 is 22.6 Å². The average molecular weight is 373 g/mol. The molecular weight excluding hydrogens is 361 g/mol. The van der Waals surface area contributed by atoms with Crippen LogP contribution in [0.2, 0.25) is 0 Å². The van der Waals surface area contributed by atoms with Crippen LogP contribution in [-0.2, 0) is 6.54 Å². The number of ether oxygens (including phenoxy) is 2. The molecule has 0 atom stereocenters. The van der Waals surface area contributed by atoms with Gasteiger partial charge in [-0.2, -0.15) is 0 Å². The Bertz CT molecular complexity index is 620. The van der Waals surface area contributed by atoms with Gasteiger partial charge in [0.05, 0.1) is 13.4 Å². The summed E-state index contributed by atoms with van der Waals surface area (Å²) in [5, 5.41) is 0. The van der Waals surface area contributed by atoms with E-state index in [9.17, 15) is 4.79 Å². The number of aromatic nitrogens is 2. The van der Waals surface area contributed by atoms with Gasteiger partial charge in [-0.15, -0.1) is 0 Å². The second kappa shape index (κ2) is 6.02. The van der Waals surface area contributed by atoms with Gasteiger partial charge in [0.1, 0.15) is 15.1 Å². The number of hydrogen-bond acceptors (Lipinski definition) is 5. The molecule has 1 aromatic heterocycles. The van der Waals surface area contributed by atoms with Crippen molar-refractivity contribution < 1.29 is 9.47 Å². The molecule has 0 fully saturated rings. The first-order valence-electron chi connectivity index (χ1n) is 5.43. The molecule has 0 saturated heterocycles. The summed E-state index contributed by atoms with van der Waals surface area (Å²) in [6, 6.07) is 5.31. The van der Waals surface area contributed by atoms with Gasteiger partial charge in [-0.05, 0) is 40.3 Å². The molecule has 0 aliphatic carbocycles. The molecule has 0 aliphatic heterocycles. The highest BCUT2D eigenvalue weighted by Crippen LogP contribution is 2.27. The summed E-state index contributed by atoms with van der Waals surface area (Å²) >= 11 is 1.88. The lowest BCUT2D eigenvalue weighted by molar-refractivity contribution is 0.406. The summed E-state index contributed by atoms with van der Waals surface area (Å²) in [6.07, 6.45) is 1.30. The van der Waals surface area contributed by atoms with Gasteiger partial charge in [-0.3, -0.25) is 4.79 Å². The number of nitrogens with one attached hydrogen (secondary N) is 1. The predicted octanol–water partition coefficient (Wildman–Crippen LogP) is 1.63. The minimum atomic E-state index is -0.243. The molecule has 1 aromatic carbocycles. The summed E-state index contributed by atoms with van der Waals surface area (Å²) in [4.78, 5) is 17.9. The standard InChI is InChI=1S/C12H12IN3O3/c1-18-8-2-7(5-14)3-9(4-8)19-12-10(13)11(17)15-6-16-12/h2-4,6H,5,14H2,1H3,(H,15,16,17). The number of aromatic amines is 1. The molecule has 3 N–H and O–H groups in total. The second-order valence-electron chi connectivity index (χ2n) is 3.67. The van der Waals surface area contributed by atoms with E-state index in [4.69, 9.17) is 15.2 Å². The molecule has 19 heavy (non-hydrogen) atoms. The van der Waals surface area contributed by atoms with E-state index in [0.717, 1.165) is 5.56 Å². The topological polar surface area (TPSA) is 90.2 Å². The SMILES string of the molecule is COc1cc(CN)cc(Oc2nc[nH]c(=O)c2I)c1. The van der Waals surface area contributed by atoms with E-state index in [1.54, 1.807) is 19.2 Å². The quantitative estimate of drug-likeness (QED) is 0.796. The molecular formula is C12H12IN3O3. The van der Waals surface area contributed by atoms with Crippen molar-refractivity contribution in [3.8, 4) is 17.4 Å². The molecule has 2 rings (SSSR count). The maximum absolute atomic E-state index is 11.4. The Labute approximate surface area is 123 Å². The number of nitrogens with zero attached hydrogens (tertiary/aromatic N) is 1. The molecule has 100 valence electrons. The van der Waals surface area contributed by atoms with Crippen LogP contribution in [-0.4, -0.2) is 17.1 Å². The van der Waals surface area contributed by atoms with Crippen molar-refractivity contribution in [1.82, 2.24) is 9.97 Å². The highest BCUT2D eigenvalue weighted by atomic mass is 127. The van der Waals surface area contributed by atoms with Gasteiger partial charge in [-0.1, -0.05) is 0 Å². The summed E-state index contributed by atoms with van der Waals surface area (Å²) in [6.45, 7) is 0.369. The highest BCUT2D eigenvalue weighted by molar-refractivity contribution is 14.1. The Morgan fingerprint density at radius 1 is 1.37 bits per heavy atom. The zero-order valence-corrected chi connectivity index (χ0v) is 12.3. The van der Waals surface area contributed by atoms with Crippen LogP contribution in [0.3, 0.4) is 0 Å². The fourth-order valence-corrected chi connectivity index (χ4v) is 1.88. The van der Waals surface area contributed by atoms with Crippen LogP contribution in [0, 0.1) is 3.57 Å². The van der Waals surface area contributed by atoms with Gasteiger partial charge in [0.15, 0.2) is 0 Å². The third kappa shape index (κ3) is 3.24. The third-order valence-electron chi connectivity index (χ3n) is 2.39. The highest BCUT2D eigenvalue weighted by Gasteiger charge is 2.09.